The largest absolute Gasteiger partial charge is 0.495 e. The Balaban J connectivity index is 1.66. The Morgan fingerprint density at radius 1 is 0.970 bits per heavy atom. The molecule has 0 atom stereocenters. The van der Waals surface area contributed by atoms with Gasteiger partial charge in [0.25, 0.3) is 23.4 Å². The van der Waals surface area contributed by atoms with E-state index in [0.717, 1.165) is 16.0 Å². The molecular formula is C24H19N3O6. The van der Waals surface area contributed by atoms with Gasteiger partial charge in [0.15, 0.2) is 0 Å². The van der Waals surface area contributed by atoms with Crippen LogP contribution < -0.4 is 15.0 Å². The number of anilines is 2. The summed E-state index contributed by atoms with van der Waals surface area (Å²) in [6.45, 7) is 3.68. The van der Waals surface area contributed by atoms with Crippen molar-refractivity contribution in [2.24, 2.45) is 0 Å². The molecule has 3 aromatic carbocycles. The summed E-state index contributed by atoms with van der Waals surface area (Å²) in [5.74, 6) is -1.35. The predicted octanol–water partition coefficient (Wildman–Crippen LogP) is 4.27. The van der Waals surface area contributed by atoms with Crippen molar-refractivity contribution in [2.45, 2.75) is 13.8 Å². The molecule has 0 aliphatic carbocycles. The van der Waals surface area contributed by atoms with Gasteiger partial charge in [-0.2, -0.15) is 0 Å². The second kappa shape index (κ2) is 8.19. The molecule has 1 heterocycles. The molecule has 0 saturated carbocycles. The van der Waals surface area contributed by atoms with Crippen molar-refractivity contribution in [3.8, 4) is 5.75 Å². The van der Waals surface area contributed by atoms with E-state index in [-0.39, 0.29) is 33.8 Å². The van der Waals surface area contributed by atoms with E-state index < -0.39 is 22.6 Å². The first-order valence-corrected chi connectivity index (χ1v) is 9.95. The summed E-state index contributed by atoms with van der Waals surface area (Å²) in [5, 5.41) is 13.6. The van der Waals surface area contributed by atoms with Crippen molar-refractivity contribution in [2.75, 3.05) is 17.3 Å². The molecule has 4 rings (SSSR count). The maximum absolute atomic E-state index is 13.1. The number of carbonyl (C=O) groups is 3. The molecule has 0 aromatic heterocycles. The van der Waals surface area contributed by atoms with E-state index in [2.05, 4.69) is 5.32 Å². The van der Waals surface area contributed by atoms with E-state index in [0.29, 0.717) is 5.69 Å². The van der Waals surface area contributed by atoms with Crippen LogP contribution in [0.1, 0.15) is 42.2 Å². The molecule has 33 heavy (non-hydrogen) atoms. The number of fused-ring (bicyclic) bond motifs is 1. The standard InChI is InChI=1S/C24H19N3O6/c1-13-4-5-14(2)20(10-13)26-23(29)17-8-6-15(11-18(17)24(26)30)22(28)25-19-12-16(27(31)32)7-9-21(19)33-3/h4-12H,1-3H3,(H,25,28). The van der Waals surface area contributed by atoms with E-state index in [9.17, 15) is 24.5 Å². The summed E-state index contributed by atoms with van der Waals surface area (Å²) in [5.41, 5.74) is 2.48. The molecule has 1 N–H and O–H groups in total. The highest BCUT2D eigenvalue weighted by Gasteiger charge is 2.38. The van der Waals surface area contributed by atoms with Gasteiger partial charge in [0.2, 0.25) is 0 Å². The van der Waals surface area contributed by atoms with Gasteiger partial charge in [-0.15, -0.1) is 0 Å². The molecule has 9 heteroatoms. The van der Waals surface area contributed by atoms with Gasteiger partial charge in [-0.1, -0.05) is 12.1 Å². The molecule has 9 nitrogen and oxygen atoms in total. The average molecular weight is 445 g/mol. The van der Waals surface area contributed by atoms with E-state index in [1.165, 1.54) is 43.5 Å². The van der Waals surface area contributed by atoms with Crippen LogP contribution in [0.4, 0.5) is 17.1 Å². The van der Waals surface area contributed by atoms with E-state index in [4.69, 9.17) is 4.74 Å². The lowest BCUT2D eigenvalue weighted by Gasteiger charge is -2.17. The number of hydrogen-bond donors (Lipinski definition) is 1. The molecular weight excluding hydrogens is 426 g/mol. The Labute approximate surface area is 188 Å². The molecule has 0 fully saturated rings. The number of nitro groups is 1. The van der Waals surface area contributed by atoms with Crippen LogP contribution in [0.2, 0.25) is 0 Å². The first kappa shape index (κ1) is 21.7. The van der Waals surface area contributed by atoms with Crippen LogP contribution in [0.3, 0.4) is 0 Å². The van der Waals surface area contributed by atoms with Crippen molar-refractivity contribution >= 4 is 34.8 Å². The smallest absolute Gasteiger partial charge is 0.271 e. The number of non-ortho nitro benzene ring substituents is 1. The number of amides is 3. The lowest BCUT2D eigenvalue weighted by Crippen LogP contribution is -2.30. The number of aryl methyl sites for hydroxylation is 2. The van der Waals surface area contributed by atoms with Crippen LogP contribution in [0, 0.1) is 24.0 Å². The molecule has 3 aromatic rings. The first-order chi connectivity index (χ1) is 15.7. The number of nitrogens with one attached hydrogen (secondary N) is 1. The Morgan fingerprint density at radius 3 is 2.39 bits per heavy atom. The molecule has 0 saturated heterocycles. The van der Waals surface area contributed by atoms with Gasteiger partial charge in [0, 0.05) is 17.7 Å². The molecule has 3 amide bonds. The number of benzene rings is 3. The van der Waals surface area contributed by atoms with Crippen LogP contribution >= 0.6 is 0 Å². The zero-order valence-corrected chi connectivity index (χ0v) is 18.0. The molecule has 1 aliphatic heterocycles. The summed E-state index contributed by atoms with van der Waals surface area (Å²) in [4.78, 5) is 50.5. The van der Waals surface area contributed by atoms with Gasteiger partial charge < -0.3 is 10.1 Å². The van der Waals surface area contributed by atoms with Crippen molar-refractivity contribution < 1.29 is 24.0 Å². The molecule has 0 unspecified atom stereocenters. The van der Waals surface area contributed by atoms with Crippen LogP contribution in [0.5, 0.6) is 5.75 Å². The Kier molecular flexibility index (Phi) is 5.39. The summed E-state index contributed by atoms with van der Waals surface area (Å²) >= 11 is 0. The third-order valence-electron chi connectivity index (χ3n) is 5.40. The first-order valence-electron chi connectivity index (χ1n) is 9.95. The highest BCUT2D eigenvalue weighted by atomic mass is 16.6. The van der Waals surface area contributed by atoms with Crippen LogP contribution in [-0.2, 0) is 0 Å². The van der Waals surface area contributed by atoms with E-state index in [1.54, 1.807) is 6.07 Å². The Morgan fingerprint density at radius 2 is 1.70 bits per heavy atom. The number of imide groups is 1. The average Bonchev–Trinajstić information content (AvgIpc) is 3.04. The SMILES string of the molecule is COc1ccc([N+](=O)[O-])cc1NC(=O)c1ccc2c(c1)C(=O)N(c1cc(C)ccc1C)C2=O. The van der Waals surface area contributed by atoms with Crippen LogP contribution in [0.25, 0.3) is 0 Å². The number of ether oxygens (including phenoxy) is 1. The van der Waals surface area contributed by atoms with E-state index in [1.807, 2.05) is 26.0 Å². The number of carbonyl (C=O) groups excluding carboxylic acids is 3. The van der Waals surface area contributed by atoms with Gasteiger partial charge in [0.1, 0.15) is 5.75 Å². The minimum absolute atomic E-state index is 0.108. The number of hydrogen-bond acceptors (Lipinski definition) is 6. The maximum atomic E-state index is 13.1. The number of methoxy groups -OCH3 is 1. The Bertz CT molecular complexity index is 1350. The highest BCUT2D eigenvalue weighted by Crippen LogP contribution is 2.33. The zero-order valence-electron chi connectivity index (χ0n) is 18.0. The maximum Gasteiger partial charge on any atom is 0.271 e. The predicted molar refractivity (Wildman–Crippen MR) is 121 cm³/mol. The van der Waals surface area contributed by atoms with Gasteiger partial charge >= 0.3 is 0 Å². The van der Waals surface area contributed by atoms with Gasteiger partial charge in [-0.25, -0.2) is 4.90 Å². The quantitative estimate of drug-likeness (QED) is 0.356. The van der Waals surface area contributed by atoms with Crippen LogP contribution in [-0.4, -0.2) is 29.8 Å². The van der Waals surface area contributed by atoms with Crippen molar-refractivity contribution in [1.82, 2.24) is 0 Å². The third-order valence-corrected chi connectivity index (χ3v) is 5.40. The lowest BCUT2D eigenvalue weighted by atomic mass is 10.1. The molecule has 166 valence electrons. The Hall–Kier alpha value is -4.53. The van der Waals surface area contributed by atoms with Gasteiger partial charge in [-0.3, -0.25) is 24.5 Å². The van der Waals surface area contributed by atoms with Crippen molar-refractivity contribution in [1.29, 1.82) is 0 Å². The monoisotopic (exact) mass is 445 g/mol. The third kappa shape index (κ3) is 3.80. The lowest BCUT2D eigenvalue weighted by molar-refractivity contribution is -0.384. The van der Waals surface area contributed by atoms with Gasteiger partial charge in [0.05, 0.1) is 34.5 Å². The fraction of sp³-hybridized carbons (Fsp3) is 0.125. The minimum atomic E-state index is -0.609. The molecule has 0 bridgehead atoms. The normalized spacial score (nSPS) is 12.5. The molecule has 0 spiro atoms. The van der Waals surface area contributed by atoms with E-state index >= 15 is 0 Å². The second-order valence-corrected chi connectivity index (χ2v) is 7.59. The summed E-state index contributed by atoms with van der Waals surface area (Å²) < 4.78 is 5.16. The van der Waals surface area contributed by atoms with Crippen molar-refractivity contribution in [3.05, 3.63) is 92.5 Å². The minimum Gasteiger partial charge on any atom is -0.495 e. The zero-order chi connectivity index (χ0) is 23.9. The van der Waals surface area contributed by atoms with Gasteiger partial charge in [-0.05, 0) is 55.3 Å². The second-order valence-electron chi connectivity index (χ2n) is 7.59. The fourth-order valence-electron chi connectivity index (χ4n) is 3.66. The van der Waals surface area contributed by atoms with Crippen LogP contribution in [0.15, 0.2) is 54.6 Å². The number of nitro benzene ring substituents is 1. The number of nitrogens with zero attached hydrogens (tertiary/aromatic N) is 2. The fourth-order valence-corrected chi connectivity index (χ4v) is 3.66. The summed E-state index contributed by atoms with van der Waals surface area (Å²) in [6, 6.07) is 13.5. The van der Waals surface area contributed by atoms with Crippen molar-refractivity contribution in [3.63, 3.8) is 0 Å². The highest BCUT2D eigenvalue weighted by molar-refractivity contribution is 6.35. The summed E-state index contributed by atoms with van der Waals surface area (Å²) in [6.07, 6.45) is 0. The number of rotatable bonds is 5. The molecule has 0 radical (unpaired) electrons. The summed E-state index contributed by atoms with van der Waals surface area (Å²) in [7, 11) is 1.37. The topological polar surface area (TPSA) is 119 Å². The molecule has 1 aliphatic rings.